The highest BCUT2D eigenvalue weighted by atomic mass is 35.5. The molecule has 0 bridgehead atoms. The summed E-state index contributed by atoms with van der Waals surface area (Å²) >= 11 is 5.91. The molecule has 0 amide bonds. The Bertz CT molecular complexity index is 421. The largest absolute Gasteiger partial charge is 0.768 e. The van der Waals surface area contributed by atoms with Crippen molar-refractivity contribution in [2.45, 2.75) is 9.79 Å². The summed E-state index contributed by atoms with van der Waals surface area (Å²) in [6, 6.07) is 2.00. The molecule has 0 aliphatic carbocycles. The van der Waals surface area contributed by atoms with Gasteiger partial charge in [0.1, 0.15) is 0 Å². The third kappa shape index (κ3) is 2.53. The van der Waals surface area contributed by atoms with Gasteiger partial charge >= 0.3 is 0 Å². The summed E-state index contributed by atoms with van der Waals surface area (Å²) in [7, 11) is 0. The van der Waals surface area contributed by atoms with Crippen molar-refractivity contribution in [1.29, 1.82) is 0 Å². The summed E-state index contributed by atoms with van der Waals surface area (Å²) in [6.07, 6.45) is 0. The highest BCUT2D eigenvalue weighted by Gasteiger charge is 2.08. The number of hydrogen-bond acceptors (Lipinski definition) is 4. The van der Waals surface area contributed by atoms with Crippen molar-refractivity contribution in [2.24, 2.45) is 0 Å². The van der Waals surface area contributed by atoms with E-state index in [0.717, 1.165) is 12.1 Å². The van der Waals surface area contributed by atoms with Crippen LogP contribution in [0.1, 0.15) is 0 Å². The molecular weight excluding hydrogens is 271 g/mol. The van der Waals surface area contributed by atoms with Crippen LogP contribution >= 0.6 is 23.2 Å². The van der Waals surface area contributed by atoms with Gasteiger partial charge in [-0.15, -0.1) is 0 Å². The van der Waals surface area contributed by atoms with Crippen LogP contribution < -0.4 is 0 Å². The molecule has 0 aromatic heterocycles. The van der Waals surface area contributed by atoms with E-state index in [1.54, 1.807) is 0 Å². The van der Waals surface area contributed by atoms with E-state index in [2.05, 4.69) is 0 Å². The van der Waals surface area contributed by atoms with Crippen molar-refractivity contribution in [2.75, 3.05) is 0 Å². The van der Waals surface area contributed by atoms with Crippen LogP contribution in [0.15, 0.2) is 21.9 Å². The molecule has 0 radical (unpaired) electrons. The van der Waals surface area contributed by atoms with E-state index in [1.807, 2.05) is 0 Å². The van der Waals surface area contributed by atoms with Crippen molar-refractivity contribution in [3.05, 3.63) is 22.2 Å². The van der Waals surface area contributed by atoms with E-state index in [9.17, 15) is 17.5 Å². The average molecular weight is 273 g/mol. The van der Waals surface area contributed by atoms with Gasteiger partial charge in [-0.2, -0.15) is 0 Å². The Morgan fingerprint density at radius 2 is 1.64 bits per heavy atom. The van der Waals surface area contributed by atoms with Crippen LogP contribution in [-0.2, 0) is 22.2 Å². The van der Waals surface area contributed by atoms with E-state index >= 15 is 0 Å². The monoisotopic (exact) mass is 272 g/mol. The van der Waals surface area contributed by atoms with E-state index in [-0.39, 0.29) is 19.8 Å². The summed E-state index contributed by atoms with van der Waals surface area (Å²) in [5.41, 5.74) is 0. The number of halogens is 2. The second-order valence-electron chi connectivity index (χ2n) is 2.19. The van der Waals surface area contributed by atoms with Crippen molar-refractivity contribution >= 4 is 45.4 Å². The highest BCUT2D eigenvalue weighted by Crippen LogP contribution is 2.30. The smallest absolute Gasteiger partial charge is 0.0742 e. The second kappa shape index (κ2) is 4.69. The molecule has 4 nitrogen and oxygen atoms in total. The topological polar surface area (TPSA) is 80.3 Å². The Kier molecular flexibility index (Phi) is 4.05. The van der Waals surface area contributed by atoms with Crippen LogP contribution in [0, 0.1) is 0 Å². The number of benzene rings is 1. The summed E-state index contributed by atoms with van der Waals surface area (Å²) in [6.45, 7) is 0. The predicted octanol–water partition coefficient (Wildman–Crippen LogP) is 1.47. The summed E-state index contributed by atoms with van der Waals surface area (Å²) in [5, 5.41) is -0.304. The van der Waals surface area contributed by atoms with Crippen molar-refractivity contribution < 1.29 is 17.5 Å². The standard InChI is InChI=1S/C6H4Cl2O4S2/c7-4-1-3(13(9)10)2-5(6(4)8)14(11)12/h1-2H,(H,9,10)(H,11,12)/p-2. The van der Waals surface area contributed by atoms with E-state index in [4.69, 9.17) is 23.2 Å². The Morgan fingerprint density at radius 1 is 1.07 bits per heavy atom. The Labute approximate surface area is 94.8 Å². The van der Waals surface area contributed by atoms with Crippen LogP contribution in [0.3, 0.4) is 0 Å². The molecule has 8 heteroatoms. The molecule has 0 saturated carbocycles. The molecule has 1 aromatic rings. The minimum Gasteiger partial charge on any atom is -0.768 e. The van der Waals surface area contributed by atoms with Crippen LogP contribution in [0.5, 0.6) is 0 Å². The quantitative estimate of drug-likeness (QED) is 0.764. The zero-order valence-electron chi connectivity index (χ0n) is 6.36. The van der Waals surface area contributed by atoms with Gasteiger partial charge in [0.2, 0.25) is 0 Å². The number of rotatable bonds is 2. The van der Waals surface area contributed by atoms with Gasteiger partial charge in [0.15, 0.2) is 0 Å². The average Bonchev–Trinajstić information content (AvgIpc) is 2.08. The normalized spacial score (nSPS) is 15.1. The lowest BCUT2D eigenvalue weighted by atomic mass is 10.4. The van der Waals surface area contributed by atoms with Gasteiger partial charge < -0.3 is 9.11 Å². The molecule has 1 aromatic carbocycles. The van der Waals surface area contributed by atoms with E-state index < -0.39 is 22.2 Å². The summed E-state index contributed by atoms with van der Waals surface area (Å²) in [4.78, 5) is -0.558. The second-order valence-corrected chi connectivity index (χ2v) is 4.82. The van der Waals surface area contributed by atoms with Gasteiger partial charge in [-0.05, 0) is 34.3 Å². The summed E-state index contributed by atoms with van der Waals surface area (Å²) < 4.78 is 42.3. The molecule has 2 atom stereocenters. The molecule has 0 aliphatic rings. The Morgan fingerprint density at radius 3 is 2.07 bits per heavy atom. The van der Waals surface area contributed by atoms with E-state index in [0.29, 0.717) is 0 Å². The maximum atomic E-state index is 10.6. The molecule has 0 aliphatic heterocycles. The first-order valence-electron chi connectivity index (χ1n) is 3.11. The zero-order valence-corrected chi connectivity index (χ0v) is 9.50. The van der Waals surface area contributed by atoms with Gasteiger partial charge in [0, 0.05) is 9.79 Å². The Balaban J connectivity index is 3.43. The fourth-order valence-corrected chi connectivity index (χ4v) is 2.38. The first-order chi connectivity index (χ1) is 6.43. The number of hydrogen-bond donors (Lipinski definition) is 0. The lowest BCUT2D eigenvalue weighted by Gasteiger charge is -2.12. The molecule has 14 heavy (non-hydrogen) atoms. The van der Waals surface area contributed by atoms with Crippen molar-refractivity contribution in [3.8, 4) is 0 Å². The molecule has 1 rings (SSSR count). The van der Waals surface area contributed by atoms with Gasteiger partial charge in [-0.3, -0.25) is 8.42 Å². The zero-order chi connectivity index (χ0) is 10.9. The van der Waals surface area contributed by atoms with Gasteiger partial charge in [-0.25, -0.2) is 0 Å². The predicted molar refractivity (Wildman–Crippen MR) is 50.8 cm³/mol. The maximum absolute atomic E-state index is 10.6. The van der Waals surface area contributed by atoms with Crippen LogP contribution in [0.2, 0.25) is 10.0 Å². The minimum absolute atomic E-state index is 0.118. The molecule has 0 fully saturated rings. The molecule has 0 spiro atoms. The fourth-order valence-electron chi connectivity index (χ4n) is 0.758. The van der Waals surface area contributed by atoms with Gasteiger partial charge in [0.05, 0.1) is 10.0 Å². The lowest BCUT2D eigenvalue weighted by Crippen LogP contribution is -1.96. The van der Waals surface area contributed by atoms with Crippen LogP contribution in [0.4, 0.5) is 0 Å². The third-order valence-electron chi connectivity index (χ3n) is 1.34. The lowest BCUT2D eigenvalue weighted by molar-refractivity contribution is 0.535. The fraction of sp³-hybridized carbons (Fsp3) is 0. The van der Waals surface area contributed by atoms with Crippen LogP contribution in [-0.4, -0.2) is 17.5 Å². The molecule has 2 unspecified atom stereocenters. The van der Waals surface area contributed by atoms with Gasteiger partial charge in [-0.1, -0.05) is 23.2 Å². The highest BCUT2D eigenvalue weighted by molar-refractivity contribution is 7.80. The SMILES string of the molecule is O=S([O-])c1cc(Cl)c(Cl)c(S(=O)[O-])c1. The van der Waals surface area contributed by atoms with Crippen molar-refractivity contribution in [3.63, 3.8) is 0 Å². The van der Waals surface area contributed by atoms with E-state index in [1.165, 1.54) is 0 Å². The molecule has 0 saturated heterocycles. The first kappa shape index (κ1) is 12.1. The van der Waals surface area contributed by atoms with Gasteiger partial charge in [0.25, 0.3) is 0 Å². The molecule has 0 N–H and O–H groups in total. The minimum atomic E-state index is -2.62. The Hall–Kier alpha value is 0.0200. The molecule has 78 valence electrons. The first-order valence-corrected chi connectivity index (χ1v) is 6.01. The summed E-state index contributed by atoms with van der Waals surface area (Å²) in [5.74, 6) is 0. The molecule has 0 heterocycles. The van der Waals surface area contributed by atoms with Crippen LogP contribution in [0.25, 0.3) is 0 Å². The maximum Gasteiger partial charge on any atom is 0.0742 e. The third-order valence-corrected chi connectivity index (χ3v) is 3.56. The van der Waals surface area contributed by atoms with Crippen molar-refractivity contribution in [1.82, 2.24) is 0 Å². The molecular formula is C6H2Cl2O4S2-2.